The maximum absolute atomic E-state index is 13.5. The molecule has 3 nitrogen and oxygen atoms in total. The van der Waals surface area contributed by atoms with Crippen molar-refractivity contribution in [2.45, 2.75) is 13.0 Å². The van der Waals surface area contributed by atoms with Crippen molar-refractivity contribution in [3.63, 3.8) is 0 Å². The van der Waals surface area contributed by atoms with Crippen molar-refractivity contribution in [3.8, 4) is 0 Å². The van der Waals surface area contributed by atoms with Gasteiger partial charge in [-0.15, -0.1) is 0 Å². The zero-order valence-electron chi connectivity index (χ0n) is 10.6. The fraction of sp³-hybridized carbons (Fsp3) is 0.200. The summed E-state index contributed by atoms with van der Waals surface area (Å²) in [6, 6.07) is 8.30. The summed E-state index contributed by atoms with van der Waals surface area (Å²) in [5.41, 5.74) is 2.47. The highest BCUT2D eigenvalue weighted by Crippen LogP contribution is 2.21. The highest BCUT2D eigenvalue weighted by molar-refractivity contribution is 9.10. The third-order valence-electron chi connectivity index (χ3n) is 3.42. The minimum Gasteiger partial charge on any atom is -0.334 e. The Hall–Kier alpha value is -1.75. The minimum absolute atomic E-state index is 0.147. The van der Waals surface area contributed by atoms with Crippen LogP contribution < -0.4 is 0 Å². The lowest BCUT2D eigenvalue weighted by Gasteiger charge is -2.28. The number of aromatic nitrogens is 1. The molecule has 0 aliphatic carbocycles. The summed E-state index contributed by atoms with van der Waals surface area (Å²) >= 11 is 3.09. The van der Waals surface area contributed by atoms with Crippen molar-refractivity contribution in [1.82, 2.24) is 9.88 Å². The molecule has 2 aromatic rings. The summed E-state index contributed by atoms with van der Waals surface area (Å²) in [6.07, 6.45) is 2.50. The molecular weight excluding hydrogens is 323 g/mol. The van der Waals surface area contributed by atoms with Gasteiger partial charge in [-0.2, -0.15) is 0 Å². The summed E-state index contributed by atoms with van der Waals surface area (Å²) in [5, 5.41) is 0. The van der Waals surface area contributed by atoms with Crippen LogP contribution in [0.3, 0.4) is 0 Å². The number of rotatable bonds is 1. The van der Waals surface area contributed by atoms with Crippen LogP contribution in [0.5, 0.6) is 0 Å². The molecule has 1 aromatic carbocycles. The van der Waals surface area contributed by atoms with E-state index in [-0.39, 0.29) is 5.91 Å². The maximum Gasteiger partial charge on any atom is 0.254 e. The lowest BCUT2D eigenvalue weighted by atomic mass is 10.0. The molecule has 0 N–H and O–H groups in total. The van der Waals surface area contributed by atoms with Crippen LogP contribution in [0.15, 0.2) is 41.0 Å². The monoisotopic (exact) mass is 334 g/mol. The summed E-state index contributed by atoms with van der Waals surface area (Å²) < 4.78 is 13.9. The first-order valence-corrected chi connectivity index (χ1v) is 7.11. The molecule has 1 amide bonds. The molecule has 0 bridgehead atoms. The molecular formula is C15H12BrFN2O. The van der Waals surface area contributed by atoms with Crippen molar-refractivity contribution >= 4 is 21.8 Å². The van der Waals surface area contributed by atoms with Gasteiger partial charge in [0.05, 0.1) is 4.47 Å². The average molecular weight is 335 g/mol. The number of halogens is 2. The third kappa shape index (κ3) is 2.45. The van der Waals surface area contributed by atoms with Crippen molar-refractivity contribution in [2.24, 2.45) is 0 Å². The number of hydrogen-bond acceptors (Lipinski definition) is 2. The van der Waals surface area contributed by atoms with Gasteiger partial charge in [-0.05, 0) is 45.8 Å². The maximum atomic E-state index is 13.5. The van der Waals surface area contributed by atoms with E-state index in [2.05, 4.69) is 20.9 Å². The number of hydrogen-bond donors (Lipinski definition) is 0. The number of carbonyl (C=O) groups excluding carboxylic acids is 1. The number of nitrogens with zero attached hydrogens (tertiary/aromatic N) is 2. The van der Waals surface area contributed by atoms with E-state index in [4.69, 9.17) is 0 Å². The second-order valence-corrected chi connectivity index (χ2v) is 5.57. The predicted octanol–water partition coefficient (Wildman–Crippen LogP) is 3.18. The van der Waals surface area contributed by atoms with E-state index < -0.39 is 5.82 Å². The minimum atomic E-state index is -0.421. The number of benzene rings is 1. The lowest BCUT2D eigenvalue weighted by molar-refractivity contribution is 0.0733. The Bertz CT molecular complexity index is 675. The Morgan fingerprint density at radius 3 is 3.00 bits per heavy atom. The van der Waals surface area contributed by atoms with Gasteiger partial charge >= 0.3 is 0 Å². The molecule has 0 fully saturated rings. The molecule has 5 heteroatoms. The van der Waals surface area contributed by atoms with E-state index in [0.717, 1.165) is 17.7 Å². The average Bonchev–Trinajstić information content (AvgIpc) is 2.49. The first-order valence-electron chi connectivity index (χ1n) is 6.32. The standard InChI is InChI=1S/C15H12BrFN2O/c16-12-4-3-10(8-13(12)17)15(20)19-7-5-14-11(9-19)2-1-6-18-14/h1-4,6,8H,5,7,9H2. The summed E-state index contributed by atoms with van der Waals surface area (Å²) in [4.78, 5) is 18.4. The Labute approximate surface area is 124 Å². The van der Waals surface area contributed by atoms with Gasteiger partial charge in [-0.1, -0.05) is 6.07 Å². The van der Waals surface area contributed by atoms with E-state index in [1.54, 1.807) is 23.2 Å². The molecule has 0 radical (unpaired) electrons. The van der Waals surface area contributed by atoms with Crippen LogP contribution in [0.2, 0.25) is 0 Å². The van der Waals surface area contributed by atoms with E-state index in [1.165, 1.54) is 6.07 Å². The summed E-state index contributed by atoms with van der Waals surface area (Å²) in [6.45, 7) is 1.14. The van der Waals surface area contributed by atoms with Crippen LogP contribution in [0.4, 0.5) is 4.39 Å². The predicted molar refractivity (Wildman–Crippen MR) is 76.8 cm³/mol. The van der Waals surface area contributed by atoms with E-state index in [1.807, 2.05) is 12.1 Å². The van der Waals surface area contributed by atoms with Gasteiger partial charge in [0.25, 0.3) is 5.91 Å². The molecule has 3 rings (SSSR count). The largest absolute Gasteiger partial charge is 0.334 e. The molecule has 102 valence electrons. The summed E-state index contributed by atoms with van der Waals surface area (Å²) in [7, 11) is 0. The highest BCUT2D eigenvalue weighted by atomic mass is 79.9. The van der Waals surface area contributed by atoms with Crippen LogP contribution in [0.1, 0.15) is 21.6 Å². The second kappa shape index (κ2) is 5.32. The molecule has 0 spiro atoms. The smallest absolute Gasteiger partial charge is 0.254 e. The van der Waals surface area contributed by atoms with Gasteiger partial charge in [-0.3, -0.25) is 9.78 Å². The lowest BCUT2D eigenvalue weighted by Crippen LogP contribution is -2.36. The quantitative estimate of drug-likeness (QED) is 0.802. The van der Waals surface area contributed by atoms with E-state index in [0.29, 0.717) is 23.1 Å². The SMILES string of the molecule is O=C(c1ccc(Br)c(F)c1)N1CCc2ncccc2C1. The molecule has 1 aromatic heterocycles. The highest BCUT2D eigenvalue weighted by Gasteiger charge is 2.22. The van der Waals surface area contributed by atoms with Gasteiger partial charge < -0.3 is 4.90 Å². The Balaban J connectivity index is 1.84. The molecule has 1 aliphatic heterocycles. The Kier molecular flexibility index (Phi) is 3.53. The molecule has 20 heavy (non-hydrogen) atoms. The fourth-order valence-electron chi connectivity index (χ4n) is 2.35. The summed E-state index contributed by atoms with van der Waals surface area (Å²) in [5.74, 6) is -0.569. The first-order chi connectivity index (χ1) is 9.65. The first kappa shape index (κ1) is 13.2. The van der Waals surface area contributed by atoms with E-state index >= 15 is 0 Å². The van der Waals surface area contributed by atoms with Gasteiger partial charge in [0.1, 0.15) is 5.82 Å². The topological polar surface area (TPSA) is 33.2 Å². The molecule has 0 saturated heterocycles. The molecule has 0 atom stereocenters. The fourth-order valence-corrected chi connectivity index (χ4v) is 2.60. The Morgan fingerprint density at radius 1 is 1.35 bits per heavy atom. The number of carbonyl (C=O) groups is 1. The van der Waals surface area contributed by atoms with Crippen LogP contribution >= 0.6 is 15.9 Å². The third-order valence-corrected chi connectivity index (χ3v) is 4.06. The van der Waals surface area contributed by atoms with Gasteiger partial charge in [-0.25, -0.2) is 4.39 Å². The Morgan fingerprint density at radius 2 is 2.20 bits per heavy atom. The zero-order valence-corrected chi connectivity index (χ0v) is 12.2. The van der Waals surface area contributed by atoms with Crippen LogP contribution in [0, 0.1) is 5.82 Å². The number of fused-ring (bicyclic) bond motifs is 1. The van der Waals surface area contributed by atoms with Gasteiger partial charge in [0, 0.05) is 37.0 Å². The normalized spacial score (nSPS) is 14.0. The van der Waals surface area contributed by atoms with E-state index in [9.17, 15) is 9.18 Å². The van der Waals surface area contributed by atoms with Gasteiger partial charge in [0.15, 0.2) is 0 Å². The van der Waals surface area contributed by atoms with Gasteiger partial charge in [0.2, 0.25) is 0 Å². The molecule has 0 unspecified atom stereocenters. The van der Waals surface area contributed by atoms with Crippen molar-refractivity contribution in [2.75, 3.05) is 6.54 Å². The van der Waals surface area contributed by atoms with Crippen molar-refractivity contribution < 1.29 is 9.18 Å². The van der Waals surface area contributed by atoms with Crippen LogP contribution in [0.25, 0.3) is 0 Å². The van der Waals surface area contributed by atoms with Crippen molar-refractivity contribution in [3.05, 3.63) is 63.6 Å². The van der Waals surface area contributed by atoms with Crippen LogP contribution in [-0.4, -0.2) is 22.3 Å². The second-order valence-electron chi connectivity index (χ2n) is 4.71. The van der Waals surface area contributed by atoms with Crippen LogP contribution in [-0.2, 0) is 13.0 Å². The molecule has 2 heterocycles. The number of pyridine rings is 1. The number of amides is 1. The molecule has 1 aliphatic rings. The zero-order chi connectivity index (χ0) is 14.1. The van der Waals surface area contributed by atoms with Crippen molar-refractivity contribution in [1.29, 1.82) is 0 Å². The molecule has 0 saturated carbocycles.